The Bertz CT molecular complexity index is 1980. The summed E-state index contributed by atoms with van der Waals surface area (Å²) in [4.78, 5) is 0. The van der Waals surface area contributed by atoms with Crippen molar-refractivity contribution in [3.05, 3.63) is 24.5 Å². The number of allylic oxidation sites excluding steroid dienone is 1. The lowest BCUT2D eigenvalue weighted by atomic mass is 9.85. The molecule has 4 heterocycles. The van der Waals surface area contributed by atoms with E-state index in [1.165, 1.54) is 0 Å². The van der Waals surface area contributed by atoms with Gasteiger partial charge in [-0.05, 0) is 124 Å². The number of alkyl halides is 4. The minimum atomic E-state index is -5.82. The zero-order valence-corrected chi connectivity index (χ0v) is 56.5. The third kappa shape index (κ3) is 16.9. The monoisotopic (exact) mass is 1270 g/mol. The van der Waals surface area contributed by atoms with Crippen LogP contribution in [0.25, 0.3) is 0 Å². The second-order valence-electron chi connectivity index (χ2n) is 26.9. The molecule has 0 bridgehead atoms. The van der Waals surface area contributed by atoms with E-state index < -0.39 is 96.7 Å². The molecule has 0 aromatic carbocycles. The van der Waals surface area contributed by atoms with Crippen LogP contribution in [-0.4, -0.2) is 136 Å². The second kappa shape index (κ2) is 25.8. The van der Waals surface area contributed by atoms with Gasteiger partial charge in [0.1, 0.15) is 35.8 Å². The SMILES string of the molecule is C=C(OS(=O)(=O)C(F)(F)F)C(C)C[C@H]1CC[C@@H]2O[C@@H](CCC(O)/C=C/[C@H](O[Si](C)(C)C(C)(C)C)[C@@H]3O[C@H]4CC[C@H](CCO[Si](CC)(CC)CC)O[C@@H]4[C@H](O[Si](C)(C)C(C)(C)C)[C@@H]3O[Si](C)(C)C(C)(C)C)C[C@]2(CI)O1. The van der Waals surface area contributed by atoms with Crippen molar-refractivity contribution in [3.63, 3.8) is 0 Å². The number of aliphatic hydroxyl groups excluding tert-OH is 1. The zero-order valence-electron chi connectivity index (χ0n) is 49.5. The molecule has 75 heavy (non-hydrogen) atoms. The minimum absolute atomic E-state index is 0.00316. The van der Waals surface area contributed by atoms with E-state index in [0.29, 0.717) is 43.1 Å². The van der Waals surface area contributed by atoms with Crippen molar-refractivity contribution in [2.75, 3.05) is 11.0 Å². The normalized spacial score (nSPS) is 30.2. The van der Waals surface area contributed by atoms with Crippen molar-refractivity contribution in [2.45, 2.75) is 299 Å². The van der Waals surface area contributed by atoms with Crippen LogP contribution < -0.4 is 0 Å². The van der Waals surface area contributed by atoms with Crippen LogP contribution in [0, 0.1) is 5.92 Å². The highest BCUT2D eigenvalue weighted by molar-refractivity contribution is 14.1. The molecular formula is C54H102F3IO12SSi4. The Hall–Kier alpha value is 0.258. The summed E-state index contributed by atoms with van der Waals surface area (Å²) in [6, 6.07) is 3.32. The quantitative estimate of drug-likeness (QED) is 0.0177. The van der Waals surface area contributed by atoms with Crippen molar-refractivity contribution < 1.29 is 67.5 Å². The predicted molar refractivity (Wildman–Crippen MR) is 313 cm³/mol. The van der Waals surface area contributed by atoms with Crippen LogP contribution in [0.15, 0.2) is 24.5 Å². The van der Waals surface area contributed by atoms with Gasteiger partial charge in [0.15, 0.2) is 33.3 Å². The molecule has 4 saturated heterocycles. The summed E-state index contributed by atoms with van der Waals surface area (Å²) in [5.41, 5.74) is -6.19. The van der Waals surface area contributed by atoms with E-state index >= 15 is 0 Å². The molecule has 4 aliphatic heterocycles. The Balaban J connectivity index is 1.64. The van der Waals surface area contributed by atoms with Crippen LogP contribution in [-0.2, 0) is 51.0 Å². The zero-order chi connectivity index (χ0) is 57.2. The lowest BCUT2D eigenvalue weighted by Gasteiger charge is -2.56. The highest BCUT2D eigenvalue weighted by atomic mass is 127. The highest BCUT2D eigenvalue weighted by Crippen LogP contribution is 2.49. The van der Waals surface area contributed by atoms with E-state index in [4.69, 9.17) is 36.7 Å². The molecule has 0 saturated carbocycles. The summed E-state index contributed by atoms with van der Waals surface area (Å²) in [5, 5.41) is 11.5. The standard InChI is InChI=1S/C54H102F3IO12SSi4/c1-21-75(22-2,23-3)62-33-32-40-27-30-43-46(64-40)48(69-73(17,18)51(9,10)11)49(70-74(19,20)52(12,13)14)47(65-43)44(68-72(15,16)50(6,7)8)29-25-39(59)24-26-42-35-53(36-58)45(63-42)31-28-41(66-53)34-37(4)38(5)67-71(60,61)54(55,56)57/h25,29,37,39-49,59H,5,21-24,26-28,30-36H2,1-4,6-20H3/b29-25+/t37?,39?,40-,41-,42+,43+,44+,45+,46+,47+,48+,49-,53-/m1/s1. The van der Waals surface area contributed by atoms with Crippen LogP contribution in [0.2, 0.25) is 72.5 Å². The van der Waals surface area contributed by atoms with Gasteiger partial charge in [0.05, 0.1) is 42.7 Å². The lowest BCUT2D eigenvalue weighted by molar-refractivity contribution is -0.267. The minimum Gasteiger partial charge on any atom is -0.417 e. The fourth-order valence-electron chi connectivity index (χ4n) is 10.1. The maximum atomic E-state index is 13.0. The topological polar surface area (TPSA) is 137 Å². The van der Waals surface area contributed by atoms with Crippen LogP contribution >= 0.6 is 22.6 Å². The van der Waals surface area contributed by atoms with E-state index in [0.717, 1.165) is 37.4 Å². The average Bonchev–Trinajstić information content (AvgIpc) is 3.66. The van der Waals surface area contributed by atoms with Gasteiger partial charge in [-0.2, -0.15) is 21.6 Å². The first-order valence-corrected chi connectivity index (χ1v) is 42.3. The number of ether oxygens (including phenoxy) is 4. The molecule has 4 rings (SSSR count). The number of rotatable bonds is 25. The van der Waals surface area contributed by atoms with Gasteiger partial charge in [-0.3, -0.25) is 0 Å². The van der Waals surface area contributed by atoms with Crippen molar-refractivity contribution in [2.24, 2.45) is 5.92 Å². The summed E-state index contributed by atoms with van der Waals surface area (Å²) in [6.07, 6.45) is 4.99. The van der Waals surface area contributed by atoms with Gasteiger partial charge in [-0.1, -0.05) is 131 Å². The van der Waals surface area contributed by atoms with Gasteiger partial charge in [0.25, 0.3) is 0 Å². The van der Waals surface area contributed by atoms with Gasteiger partial charge in [-0.25, -0.2) is 0 Å². The average molecular weight is 1270 g/mol. The molecule has 1 N–H and O–H groups in total. The molecule has 21 heteroatoms. The fraction of sp³-hybridized carbons (Fsp3) is 0.926. The van der Waals surface area contributed by atoms with Gasteiger partial charge in [-0.15, -0.1) is 0 Å². The third-order valence-corrected chi connectivity index (χ3v) is 38.9. The van der Waals surface area contributed by atoms with Crippen molar-refractivity contribution >= 4 is 66.0 Å². The first-order chi connectivity index (χ1) is 34.1. The molecule has 2 unspecified atom stereocenters. The second-order valence-corrected chi connectivity index (χ2v) is 48.3. The number of aliphatic hydroxyl groups is 1. The summed E-state index contributed by atoms with van der Waals surface area (Å²) in [5.74, 6) is -1.19. The molecule has 4 fully saturated rings. The van der Waals surface area contributed by atoms with Crippen molar-refractivity contribution in [1.29, 1.82) is 0 Å². The molecule has 12 nitrogen and oxygen atoms in total. The molecule has 0 radical (unpaired) electrons. The maximum Gasteiger partial charge on any atom is 0.534 e. The Morgan fingerprint density at radius 1 is 0.773 bits per heavy atom. The maximum absolute atomic E-state index is 13.0. The summed E-state index contributed by atoms with van der Waals surface area (Å²) in [7, 11) is -15.1. The Morgan fingerprint density at radius 2 is 1.32 bits per heavy atom. The Kier molecular flexibility index (Phi) is 23.3. The lowest BCUT2D eigenvalue weighted by Crippen LogP contribution is -2.69. The fourth-order valence-corrected chi connectivity index (χ4v) is 18.1. The van der Waals surface area contributed by atoms with Crippen LogP contribution in [0.5, 0.6) is 0 Å². The molecule has 0 aromatic heterocycles. The molecule has 0 aromatic rings. The summed E-state index contributed by atoms with van der Waals surface area (Å²) in [6.45, 7) is 46.6. The Labute approximate surface area is 470 Å². The van der Waals surface area contributed by atoms with Gasteiger partial charge < -0.3 is 45.9 Å². The number of hydrogen-bond donors (Lipinski definition) is 1. The molecule has 0 aliphatic carbocycles. The van der Waals surface area contributed by atoms with Crippen LogP contribution in [0.4, 0.5) is 13.2 Å². The largest absolute Gasteiger partial charge is 0.534 e. The van der Waals surface area contributed by atoms with Gasteiger partial charge >= 0.3 is 15.6 Å². The molecule has 13 atom stereocenters. The van der Waals surface area contributed by atoms with Crippen molar-refractivity contribution in [3.8, 4) is 0 Å². The molecule has 4 aliphatic rings. The summed E-state index contributed by atoms with van der Waals surface area (Å²) >= 11 is 2.30. The molecular weight excluding hydrogens is 1170 g/mol. The van der Waals surface area contributed by atoms with Crippen LogP contribution in [0.1, 0.15) is 148 Å². The first kappa shape index (κ1) is 67.8. The molecule has 440 valence electrons. The highest BCUT2D eigenvalue weighted by Gasteiger charge is 2.58. The van der Waals surface area contributed by atoms with Gasteiger partial charge in [0.2, 0.25) is 0 Å². The van der Waals surface area contributed by atoms with E-state index in [9.17, 15) is 26.7 Å². The van der Waals surface area contributed by atoms with E-state index in [1.807, 2.05) is 12.2 Å². The summed E-state index contributed by atoms with van der Waals surface area (Å²) < 4.78 is 125. The van der Waals surface area contributed by atoms with E-state index in [-0.39, 0.29) is 58.2 Å². The third-order valence-electron chi connectivity index (χ3n) is 18.5. The van der Waals surface area contributed by atoms with E-state index in [2.05, 4.69) is 156 Å². The number of halogens is 4. The number of fused-ring (bicyclic) bond motifs is 2. The Morgan fingerprint density at radius 3 is 1.84 bits per heavy atom. The molecule has 0 amide bonds. The molecule has 0 spiro atoms. The smallest absolute Gasteiger partial charge is 0.417 e. The van der Waals surface area contributed by atoms with Crippen molar-refractivity contribution in [1.82, 2.24) is 0 Å². The van der Waals surface area contributed by atoms with E-state index in [1.54, 1.807) is 6.92 Å². The first-order valence-electron chi connectivity index (χ1n) is 28.1. The van der Waals surface area contributed by atoms with Gasteiger partial charge in [0, 0.05) is 23.4 Å². The predicted octanol–water partition coefficient (Wildman–Crippen LogP) is 14.5. The number of hydrogen-bond acceptors (Lipinski definition) is 12. The van der Waals surface area contributed by atoms with Crippen LogP contribution in [0.3, 0.4) is 0 Å².